The minimum absolute atomic E-state index is 0.329. The first-order chi connectivity index (χ1) is 15.9. The molecule has 0 radical (unpaired) electrons. The SMILES string of the molecule is COc1cccc(C(=O)NCC(=O)OC(C(=O)Nc2ccc(C)c(Cl)c2)c2ccccc2)c1. The molecule has 3 aromatic rings. The van der Waals surface area contributed by atoms with E-state index in [0.717, 1.165) is 5.56 Å². The monoisotopic (exact) mass is 466 g/mol. The second-order valence-corrected chi connectivity index (χ2v) is 7.56. The van der Waals surface area contributed by atoms with E-state index >= 15 is 0 Å². The van der Waals surface area contributed by atoms with E-state index in [4.69, 9.17) is 21.1 Å². The van der Waals surface area contributed by atoms with Crippen molar-refractivity contribution in [1.82, 2.24) is 5.32 Å². The van der Waals surface area contributed by atoms with Gasteiger partial charge >= 0.3 is 5.97 Å². The molecule has 3 aromatic carbocycles. The Balaban J connectivity index is 1.68. The number of carbonyl (C=O) groups is 3. The molecule has 7 nitrogen and oxygen atoms in total. The van der Waals surface area contributed by atoms with Crippen LogP contribution < -0.4 is 15.4 Å². The van der Waals surface area contributed by atoms with Gasteiger partial charge in [-0.2, -0.15) is 0 Å². The first kappa shape index (κ1) is 23.8. The van der Waals surface area contributed by atoms with Crippen LogP contribution in [0.25, 0.3) is 0 Å². The number of ether oxygens (including phenoxy) is 2. The molecule has 2 amide bonds. The molecular weight excluding hydrogens is 444 g/mol. The highest BCUT2D eigenvalue weighted by Crippen LogP contribution is 2.23. The molecular formula is C25H23ClN2O5. The van der Waals surface area contributed by atoms with Crippen molar-refractivity contribution in [3.05, 3.63) is 94.5 Å². The summed E-state index contributed by atoms with van der Waals surface area (Å²) in [5.41, 5.74) is 2.16. The Morgan fingerprint density at radius 3 is 2.42 bits per heavy atom. The predicted molar refractivity (Wildman–Crippen MR) is 125 cm³/mol. The molecule has 0 aromatic heterocycles. The third-order valence-corrected chi connectivity index (χ3v) is 5.16. The van der Waals surface area contributed by atoms with Crippen LogP contribution in [0.15, 0.2) is 72.8 Å². The Bertz CT molecular complexity index is 1150. The van der Waals surface area contributed by atoms with Crippen molar-refractivity contribution < 1.29 is 23.9 Å². The number of rotatable bonds is 8. The van der Waals surface area contributed by atoms with Gasteiger partial charge in [0.2, 0.25) is 6.10 Å². The van der Waals surface area contributed by atoms with Crippen LogP contribution in [0.1, 0.15) is 27.6 Å². The standard InChI is InChI=1S/C25H23ClN2O5/c1-16-11-12-19(14-21(16)26)28-25(31)23(17-7-4-3-5-8-17)33-22(29)15-27-24(30)18-9-6-10-20(13-18)32-2/h3-14,23H,15H2,1-2H3,(H,27,30)(H,28,31). The average molecular weight is 467 g/mol. The highest BCUT2D eigenvalue weighted by molar-refractivity contribution is 6.31. The molecule has 0 fully saturated rings. The molecule has 1 unspecified atom stereocenters. The average Bonchev–Trinajstić information content (AvgIpc) is 2.83. The molecule has 3 rings (SSSR count). The Kier molecular flexibility index (Phi) is 8.05. The number of hydrogen-bond donors (Lipinski definition) is 2. The third kappa shape index (κ3) is 6.57. The van der Waals surface area contributed by atoms with Gasteiger partial charge in [-0.1, -0.05) is 54.1 Å². The van der Waals surface area contributed by atoms with Gasteiger partial charge < -0.3 is 20.1 Å². The van der Waals surface area contributed by atoms with Crippen molar-refractivity contribution in [2.45, 2.75) is 13.0 Å². The van der Waals surface area contributed by atoms with E-state index in [9.17, 15) is 14.4 Å². The lowest BCUT2D eigenvalue weighted by atomic mass is 10.1. The summed E-state index contributed by atoms with van der Waals surface area (Å²) in [6, 6.07) is 20.2. The Morgan fingerprint density at radius 2 is 1.73 bits per heavy atom. The molecule has 8 heteroatoms. The summed E-state index contributed by atoms with van der Waals surface area (Å²) in [5.74, 6) is -1.27. The number of nitrogens with one attached hydrogen (secondary N) is 2. The molecule has 170 valence electrons. The van der Waals surface area contributed by atoms with E-state index in [2.05, 4.69) is 10.6 Å². The van der Waals surface area contributed by atoms with E-state index in [1.54, 1.807) is 72.8 Å². The van der Waals surface area contributed by atoms with E-state index < -0.39 is 30.4 Å². The zero-order valence-corrected chi connectivity index (χ0v) is 18.9. The summed E-state index contributed by atoms with van der Waals surface area (Å²) in [4.78, 5) is 37.8. The fraction of sp³-hybridized carbons (Fsp3) is 0.160. The first-order valence-corrected chi connectivity index (χ1v) is 10.5. The molecule has 0 bridgehead atoms. The van der Waals surface area contributed by atoms with Gasteiger partial charge in [-0.3, -0.25) is 14.4 Å². The van der Waals surface area contributed by atoms with E-state index in [1.165, 1.54) is 7.11 Å². The van der Waals surface area contributed by atoms with Crippen LogP contribution in [0.5, 0.6) is 5.75 Å². The third-order valence-electron chi connectivity index (χ3n) is 4.75. The number of carbonyl (C=O) groups excluding carboxylic acids is 3. The number of halogens is 1. The van der Waals surface area contributed by atoms with E-state index in [-0.39, 0.29) is 0 Å². The summed E-state index contributed by atoms with van der Waals surface area (Å²) in [7, 11) is 1.49. The summed E-state index contributed by atoms with van der Waals surface area (Å²) in [6.07, 6.45) is -1.22. The number of anilines is 1. The molecule has 33 heavy (non-hydrogen) atoms. The van der Waals surface area contributed by atoms with Crippen LogP contribution in [-0.4, -0.2) is 31.4 Å². The van der Waals surface area contributed by atoms with Gasteiger partial charge in [-0.25, -0.2) is 0 Å². The fourth-order valence-corrected chi connectivity index (χ4v) is 3.15. The Hall–Kier alpha value is -3.84. The largest absolute Gasteiger partial charge is 0.497 e. The highest BCUT2D eigenvalue weighted by Gasteiger charge is 2.25. The van der Waals surface area contributed by atoms with Crippen LogP contribution >= 0.6 is 11.6 Å². The lowest BCUT2D eigenvalue weighted by molar-refractivity contribution is -0.153. The van der Waals surface area contributed by atoms with Gasteiger partial charge in [-0.15, -0.1) is 0 Å². The summed E-state index contributed by atoms with van der Waals surface area (Å²) < 4.78 is 10.5. The number of esters is 1. The smallest absolute Gasteiger partial charge is 0.326 e. The fourth-order valence-electron chi connectivity index (χ4n) is 2.97. The van der Waals surface area contributed by atoms with Crippen LogP contribution in [0.3, 0.4) is 0 Å². The molecule has 1 atom stereocenters. The molecule has 0 spiro atoms. The maximum absolute atomic E-state index is 12.9. The zero-order valence-electron chi connectivity index (χ0n) is 18.1. The lowest BCUT2D eigenvalue weighted by Gasteiger charge is -2.18. The normalized spacial score (nSPS) is 11.2. The Labute approximate surface area is 196 Å². The van der Waals surface area contributed by atoms with E-state index in [0.29, 0.717) is 27.6 Å². The highest BCUT2D eigenvalue weighted by atomic mass is 35.5. The van der Waals surface area contributed by atoms with Crippen LogP contribution in [-0.2, 0) is 14.3 Å². The number of amides is 2. The molecule has 0 aliphatic rings. The summed E-state index contributed by atoms with van der Waals surface area (Å²) in [5, 5.41) is 5.71. The number of hydrogen-bond acceptors (Lipinski definition) is 5. The second kappa shape index (κ2) is 11.2. The van der Waals surface area contributed by atoms with Crippen LogP contribution in [0, 0.1) is 6.92 Å². The molecule has 2 N–H and O–H groups in total. The van der Waals surface area contributed by atoms with Gasteiger partial charge in [-0.05, 0) is 42.8 Å². The van der Waals surface area contributed by atoms with Crippen molar-refractivity contribution in [3.63, 3.8) is 0 Å². The van der Waals surface area contributed by atoms with Gasteiger partial charge in [0.15, 0.2) is 0 Å². The lowest BCUT2D eigenvalue weighted by Crippen LogP contribution is -2.33. The molecule has 0 heterocycles. The van der Waals surface area contributed by atoms with Gasteiger partial charge in [0.1, 0.15) is 12.3 Å². The summed E-state index contributed by atoms with van der Waals surface area (Å²) >= 11 is 6.13. The summed E-state index contributed by atoms with van der Waals surface area (Å²) in [6.45, 7) is 1.44. The quantitative estimate of drug-likeness (QED) is 0.482. The minimum Gasteiger partial charge on any atom is -0.497 e. The molecule has 0 aliphatic heterocycles. The number of aryl methyl sites for hydroxylation is 1. The van der Waals surface area contributed by atoms with Crippen LogP contribution in [0.4, 0.5) is 5.69 Å². The van der Waals surface area contributed by atoms with Crippen molar-refractivity contribution >= 4 is 35.1 Å². The van der Waals surface area contributed by atoms with E-state index in [1.807, 2.05) is 6.92 Å². The van der Waals surface area contributed by atoms with Crippen molar-refractivity contribution in [2.24, 2.45) is 0 Å². The van der Waals surface area contributed by atoms with Gasteiger partial charge in [0, 0.05) is 21.8 Å². The number of methoxy groups -OCH3 is 1. The minimum atomic E-state index is -1.22. The predicted octanol–water partition coefficient (Wildman–Crippen LogP) is 4.31. The molecule has 0 saturated carbocycles. The number of benzene rings is 3. The van der Waals surface area contributed by atoms with Crippen molar-refractivity contribution in [2.75, 3.05) is 19.0 Å². The first-order valence-electron chi connectivity index (χ1n) is 10.1. The van der Waals surface area contributed by atoms with Gasteiger partial charge in [0.25, 0.3) is 11.8 Å². The van der Waals surface area contributed by atoms with Crippen LogP contribution in [0.2, 0.25) is 5.02 Å². The molecule has 0 aliphatic carbocycles. The van der Waals surface area contributed by atoms with Crippen molar-refractivity contribution in [3.8, 4) is 5.75 Å². The van der Waals surface area contributed by atoms with Gasteiger partial charge in [0.05, 0.1) is 7.11 Å². The van der Waals surface area contributed by atoms with Crippen molar-refractivity contribution in [1.29, 1.82) is 0 Å². The maximum Gasteiger partial charge on any atom is 0.326 e. The second-order valence-electron chi connectivity index (χ2n) is 7.15. The molecule has 0 saturated heterocycles. The maximum atomic E-state index is 12.9. The topological polar surface area (TPSA) is 93.7 Å². The zero-order chi connectivity index (χ0) is 23.8. The Morgan fingerprint density at radius 1 is 0.970 bits per heavy atom.